The van der Waals surface area contributed by atoms with Crippen LogP contribution in [0.25, 0.3) is 5.65 Å². The molecule has 1 N–H and O–H groups in total. The average Bonchev–Trinajstić information content (AvgIpc) is 3.05. The summed E-state index contributed by atoms with van der Waals surface area (Å²) in [6.07, 6.45) is 5.22. The third kappa shape index (κ3) is 4.34. The van der Waals surface area contributed by atoms with Gasteiger partial charge in [0.15, 0.2) is 0 Å². The Balaban J connectivity index is 0.00000243. The van der Waals surface area contributed by atoms with Gasteiger partial charge in [0.25, 0.3) is 5.91 Å². The summed E-state index contributed by atoms with van der Waals surface area (Å²) in [6, 6.07) is 10.4. The van der Waals surface area contributed by atoms with E-state index in [1.54, 1.807) is 22.7 Å². The molecule has 0 saturated heterocycles. The second-order valence-electron chi connectivity index (χ2n) is 5.80. The Morgan fingerprint density at radius 2 is 2.00 bits per heavy atom. The van der Waals surface area contributed by atoms with E-state index in [-0.39, 0.29) is 36.9 Å². The number of imidazole rings is 1. The van der Waals surface area contributed by atoms with Gasteiger partial charge in [-0.15, -0.1) is 0 Å². The second kappa shape index (κ2) is 8.70. The van der Waals surface area contributed by atoms with Crippen molar-refractivity contribution in [2.24, 2.45) is 0 Å². The molecule has 1 amide bonds. The third-order valence-electron chi connectivity index (χ3n) is 4.00. The van der Waals surface area contributed by atoms with E-state index in [1.165, 1.54) is 6.07 Å². The Kier molecular flexibility index (Phi) is 6.62. The molecule has 3 rings (SSSR count). The smallest absolute Gasteiger partial charge is 0.545 e. The Labute approximate surface area is 163 Å². The summed E-state index contributed by atoms with van der Waals surface area (Å²) in [7, 11) is 0. The number of aromatic nitrogens is 2. The standard InChI is InChI=1S/C19H19N3O3.Li/c1-2-5-13-7-8-14(19(24)25)10-15(13)11-20-18(23)16-12-22-9-4-3-6-17(22)21-16;/h3-4,6-10,12H,2,5,11H2,1H3,(H,20,23)(H,24,25);/q;+1/p-1. The zero-order valence-corrected chi connectivity index (χ0v) is 14.9. The number of rotatable bonds is 6. The largest absolute Gasteiger partial charge is 1.00 e. The van der Waals surface area contributed by atoms with Crippen molar-refractivity contribution < 1.29 is 33.6 Å². The molecule has 7 heteroatoms. The first-order chi connectivity index (χ1) is 12.1. The number of benzene rings is 1. The molecule has 0 fully saturated rings. The van der Waals surface area contributed by atoms with Gasteiger partial charge in [0, 0.05) is 18.9 Å². The summed E-state index contributed by atoms with van der Waals surface area (Å²) in [5, 5.41) is 13.9. The summed E-state index contributed by atoms with van der Waals surface area (Å²) in [5.41, 5.74) is 2.91. The number of hydrogen-bond donors (Lipinski definition) is 1. The Hall–Kier alpha value is -2.55. The summed E-state index contributed by atoms with van der Waals surface area (Å²) >= 11 is 0. The molecule has 1 aromatic carbocycles. The fourth-order valence-electron chi connectivity index (χ4n) is 2.74. The molecule has 2 heterocycles. The number of hydrogen-bond acceptors (Lipinski definition) is 4. The van der Waals surface area contributed by atoms with Crippen LogP contribution in [-0.4, -0.2) is 21.3 Å². The fraction of sp³-hybridized carbons (Fsp3) is 0.211. The molecule has 3 aromatic rings. The van der Waals surface area contributed by atoms with E-state index in [0.29, 0.717) is 11.3 Å². The number of carboxylic acids is 1. The van der Waals surface area contributed by atoms with Crippen LogP contribution >= 0.6 is 0 Å². The molecule has 0 atom stereocenters. The number of pyridine rings is 1. The van der Waals surface area contributed by atoms with Crippen LogP contribution in [0.5, 0.6) is 0 Å². The predicted molar refractivity (Wildman–Crippen MR) is 91.1 cm³/mol. The van der Waals surface area contributed by atoms with Crippen molar-refractivity contribution in [3.8, 4) is 0 Å². The number of fused-ring (bicyclic) bond motifs is 1. The van der Waals surface area contributed by atoms with E-state index < -0.39 is 5.97 Å². The zero-order chi connectivity index (χ0) is 17.8. The quantitative estimate of drug-likeness (QED) is 0.557. The predicted octanol–water partition coefficient (Wildman–Crippen LogP) is -1.42. The van der Waals surface area contributed by atoms with Crippen LogP contribution in [0, 0.1) is 0 Å². The van der Waals surface area contributed by atoms with E-state index in [1.807, 2.05) is 31.3 Å². The van der Waals surface area contributed by atoms with Gasteiger partial charge in [0.05, 0.1) is 5.97 Å². The van der Waals surface area contributed by atoms with Gasteiger partial charge in [-0.2, -0.15) is 0 Å². The number of nitrogens with zero attached hydrogens (tertiary/aromatic N) is 2. The topological polar surface area (TPSA) is 86.5 Å². The van der Waals surface area contributed by atoms with Gasteiger partial charge in [0.2, 0.25) is 0 Å². The minimum Gasteiger partial charge on any atom is -0.545 e. The van der Waals surface area contributed by atoms with E-state index in [4.69, 9.17) is 0 Å². The van der Waals surface area contributed by atoms with Crippen molar-refractivity contribution in [2.75, 3.05) is 0 Å². The van der Waals surface area contributed by atoms with E-state index in [2.05, 4.69) is 10.3 Å². The molecule has 128 valence electrons. The van der Waals surface area contributed by atoms with E-state index in [9.17, 15) is 14.7 Å². The first kappa shape index (κ1) is 19.8. The minimum atomic E-state index is -1.23. The van der Waals surface area contributed by atoms with Gasteiger partial charge in [0.1, 0.15) is 11.3 Å². The van der Waals surface area contributed by atoms with Crippen LogP contribution in [0.2, 0.25) is 0 Å². The van der Waals surface area contributed by atoms with Crippen molar-refractivity contribution in [3.05, 3.63) is 71.2 Å². The molecule has 0 radical (unpaired) electrons. The zero-order valence-electron chi connectivity index (χ0n) is 14.9. The molecule has 2 aromatic heterocycles. The summed E-state index contributed by atoms with van der Waals surface area (Å²) in [6.45, 7) is 2.29. The van der Waals surface area contributed by atoms with Gasteiger partial charge in [-0.3, -0.25) is 4.79 Å². The van der Waals surface area contributed by atoms with Crippen molar-refractivity contribution in [2.45, 2.75) is 26.3 Å². The molecule has 26 heavy (non-hydrogen) atoms. The fourth-order valence-corrected chi connectivity index (χ4v) is 2.74. The van der Waals surface area contributed by atoms with Gasteiger partial charge >= 0.3 is 18.9 Å². The number of carbonyl (C=O) groups excluding carboxylic acids is 2. The molecule has 0 aliphatic heterocycles. The van der Waals surface area contributed by atoms with Gasteiger partial charge in [-0.25, -0.2) is 4.98 Å². The van der Waals surface area contributed by atoms with Crippen LogP contribution < -0.4 is 29.3 Å². The Morgan fingerprint density at radius 3 is 2.69 bits per heavy atom. The number of aryl methyl sites for hydroxylation is 1. The number of aromatic carboxylic acids is 1. The van der Waals surface area contributed by atoms with Crippen molar-refractivity contribution in [3.63, 3.8) is 0 Å². The SMILES string of the molecule is CCCc1ccc(C(=O)[O-])cc1CNC(=O)c1cn2ccccc2n1.[Li+]. The normalized spacial score (nSPS) is 10.3. The number of carboxylic acid groups (broad SMARTS) is 1. The summed E-state index contributed by atoms with van der Waals surface area (Å²) in [5.74, 6) is -1.53. The van der Waals surface area contributed by atoms with Gasteiger partial charge in [-0.1, -0.05) is 31.5 Å². The monoisotopic (exact) mass is 343 g/mol. The van der Waals surface area contributed by atoms with E-state index >= 15 is 0 Å². The van der Waals surface area contributed by atoms with Crippen LogP contribution in [0.3, 0.4) is 0 Å². The first-order valence-corrected chi connectivity index (χ1v) is 8.13. The van der Waals surface area contributed by atoms with Crippen molar-refractivity contribution in [1.29, 1.82) is 0 Å². The molecular formula is C19H18LiN3O3. The van der Waals surface area contributed by atoms with Gasteiger partial charge in [-0.05, 0) is 41.3 Å². The van der Waals surface area contributed by atoms with Crippen LogP contribution in [0.15, 0.2) is 48.8 Å². The van der Waals surface area contributed by atoms with Crippen LogP contribution in [-0.2, 0) is 13.0 Å². The van der Waals surface area contributed by atoms with Crippen LogP contribution in [0.1, 0.15) is 45.3 Å². The summed E-state index contributed by atoms with van der Waals surface area (Å²) < 4.78 is 1.77. The van der Waals surface area contributed by atoms with Crippen molar-refractivity contribution in [1.82, 2.24) is 14.7 Å². The minimum absolute atomic E-state index is 0. The molecule has 0 unspecified atom stereocenters. The van der Waals surface area contributed by atoms with Crippen LogP contribution in [0.4, 0.5) is 0 Å². The number of nitrogens with one attached hydrogen (secondary N) is 1. The molecule has 6 nitrogen and oxygen atoms in total. The molecule has 0 aliphatic rings. The second-order valence-corrected chi connectivity index (χ2v) is 5.80. The molecule has 0 aliphatic carbocycles. The maximum absolute atomic E-state index is 12.4. The van der Waals surface area contributed by atoms with Gasteiger partial charge < -0.3 is 19.6 Å². The Morgan fingerprint density at radius 1 is 1.19 bits per heavy atom. The maximum Gasteiger partial charge on any atom is 1.00 e. The molecular weight excluding hydrogens is 325 g/mol. The Bertz CT molecular complexity index is 904. The van der Waals surface area contributed by atoms with E-state index in [0.717, 1.165) is 24.0 Å². The third-order valence-corrected chi connectivity index (χ3v) is 4.00. The average molecular weight is 343 g/mol. The van der Waals surface area contributed by atoms with Crippen molar-refractivity contribution >= 4 is 17.5 Å². The molecule has 0 spiro atoms. The number of carbonyl (C=O) groups is 2. The number of amides is 1. The maximum atomic E-state index is 12.4. The first-order valence-electron chi connectivity index (χ1n) is 8.13. The molecule has 0 saturated carbocycles. The molecule has 0 bridgehead atoms. The summed E-state index contributed by atoms with van der Waals surface area (Å²) in [4.78, 5) is 27.7.